The minimum atomic E-state index is -2.34. The van der Waals surface area contributed by atoms with Crippen molar-refractivity contribution in [1.29, 1.82) is 0 Å². The molecule has 24 heavy (non-hydrogen) atoms. The Hall–Kier alpha value is -1.77. The highest BCUT2D eigenvalue weighted by Gasteiger charge is 2.16. The molecule has 128 valence electrons. The lowest BCUT2D eigenvalue weighted by atomic mass is 10.2. The molecular formula is C16H16BrFN2O3S. The van der Waals surface area contributed by atoms with Gasteiger partial charge in [-0.1, -0.05) is 39.7 Å². The van der Waals surface area contributed by atoms with E-state index in [0.717, 1.165) is 9.87 Å². The number of hydrogen-bond acceptors (Lipinski definition) is 2. The van der Waals surface area contributed by atoms with Crippen LogP contribution in [-0.4, -0.2) is 21.2 Å². The number of halogens is 2. The average molecular weight is 415 g/mol. The molecule has 2 N–H and O–H groups in total. The summed E-state index contributed by atoms with van der Waals surface area (Å²) in [6, 6.07) is 11.4. The summed E-state index contributed by atoms with van der Waals surface area (Å²) in [4.78, 5) is 12.0. The van der Waals surface area contributed by atoms with Crippen molar-refractivity contribution >= 4 is 38.8 Å². The topological polar surface area (TPSA) is 69.6 Å². The Morgan fingerprint density at radius 1 is 1.29 bits per heavy atom. The number of carbonyl (C=O) groups excluding carboxylic acids is 1. The first kappa shape index (κ1) is 18.6. The molecule has 0 spiro atoms. The van der Waals surface area contributed by atoms with Crippen LogP contribution in [0.4, 0.5) is 10.1 Å². The van der Waals surface area contributed by atoms with Gasteiger partial charge in [0.2, 0.25) is 5.91 Å². The smallest absolute Gasteiger partial charge is 0.262 e. The van der Waals surface area contributed by atoms with Crippen molar-refractivity contribution in [1.82, 2.24) is 5.32 Å². The Balaban J connectivity index is 2.00. The number of carbonyl (C=O) groups is 1. The van der Waals surface area contributed by atoms with Crippen LogP contribution in [0.1, 0.15) is 11.1 Å². The SMILES string of the molecule is Cc1ccc(N(CC(=O)NCc2ccc(Br)cc2F)S(=O)O)cc1. The third-order valence-corrected chi connectivity index (χ3v) is 4.50. The Morgan fingerprint density at radius 2 is 1.96 bits per heavy atom. The number of anilines is 1. The zero-order valence-corrected chi connectivity index (χ0v) is 15.2. The number of hydrogen-bond donors (Lipinski definition) is 2. The lowest BCUT2D eigenvalue weighted by molar-refractivity contribution is -0.119. The summed E-state index contributed by atoms with van der Waals surface area (Å²) < 4.78 is 36.2. The van der Waals surface area contributed by atoms with Gasteiger partial charge in [0.15, 0.2) is 0 Å². The molecule has 2 aromatic carbocycles. The Labute approximate surface area is 150 Å². The molecule has 2 aromatic rings. The molecule has 5 nitrogen and oxygen atoms in total. The molecular weight excluding hydrogens is 399 g/mol. The summed E-state index contributed by atoms with van der Waals surface area (Å²) >= 11 is 0.815. The fourth-order valence-electron chi connectivity index (χ4n) is 1.99. The van der Waals surface area contributed by atoms with Crippen molar-refractivity contribution in [3.05, 3.63) is 63.9 Å². The van der Waals surface area contributed by atoms with Gasteiger partial charge in [-0.25, -0.2) is 8.60 Å². The molecule has 0 heterocycles. The molecule has 0 bridgehead atoms. The Kier molecular flexibility index (Phi) is 6.47. The summed E-state index contributed by atoms with van der Waals surface area (Å²) in [5, 5.41) is 2.54. The fourth-order valence-corrected chi connectivity index (χ4v) is 2.86. The van der Waals surface area contributed by atoms with E-state index in [9.17, 15) is 17.9 Å². The van der Waals surface area contributed by atoms with Crippen molar-refractivity contribution in [3.63, 3.8) is 0 Å². The number of rotatable bonds is 6. The van der Waals surface area contributed by atoms with Gasteiger partial charge < -0.3 is 5.32 Å². The first-order chi connectivity index (χ1) is 11.4. The van der Waals surface area contributed by atoms with Crippen LogP contribution in [-0.2, 0) is 22.6 Å². The van der Waals surface area contributed by atoms with Crippen LogP contribution in [0.15, 0.2) is 46.9 Å². The standard InChI is InChI=1S/C16H16BrFN2O3S/c1-11-2-6-14(7-3-11)20(24(22)23)10-16(21)19-9-12-4-5-13(17)8-15(12)18/h2-8H,9-10H2,1H3,(H,19,21)(H,22,23). The van der Waals surface area contributed by atoms with E-state index >= 15 is 0 Å². The maximum atomic E-state index is 13.7. The van der Waals surface area contributed by atoms with Crippen molar-refractivity contribution in [2.24, 2.45) is 0 Å². The maximum Gasteiger partial charge on any atom is 0.262 e. The van der Waals surface area contributed by atoms with Gasteiger partial charge >= 0.3 is 0 Å². The molecule has 8 heteroatoms. The minimum absolute atomic E-state index is 0.00223. The lowest BCUT2D eigenvalue weighted by Crippen LogP contribution is -2.38. The zero-order valence-electron chi connectivity index (χ0n) is 12.8. The second-order valence-corrected chi connectivity index (χ2v) is 6.93. The van der Waals surface area contributed by atoms with Gasteiger partial charge in [-0.3, -0.25) is 13.7 Å². The van der Waals surface area contributed by atoms with Gasteiger partial charge in [-0.05, 0) is 31.2 Å². The number of benzene rings is 2. The molecule has 0 aliphatic carbocycles. The van der Waals surface area contributed by atoms with Gasteiger partial charge in [0.05, 0.1) is 5.69 Å². The van der Waals surface area contributed by atoms with E-state index in [4.69, 9.17) is 0 Å². The monoisotopic (exact) mass is 414 g/mol. The Bertz CT molecular complexity index is 755. The number of aryl methyl sites for hydroxylation is 1. The van der Waals surface area contributed by atoms with E-state index in [-0.39, 0.29) is 13.1 Å². The quantitative estimate of drug-likeness (QED) is 0.713. The molecule has 1 amide bonds. The molecule has 0 aliphatic rings. The zero-order chi connectivity index (χ0) is 17.7. The molecule has 1 unspecified atom stereocenters. The van der Waals surface area contributed by atoms with Gasteiger partial charge in [0.25, 0.3) is 11.3 Å². The molecule has 2 rings (SSSR count). The normalized spacial score (nSPS) is 11.8. The van der Waals surface area contributed by atoms with Crippen molar-refractivity contribution in [2.45, 2.75) is 13.5 Å². The van der Waals surface area contributed by atoms with E-state index in [1.165, 1.54) is 6.07 Å². The number of nitrogens with one attached hydrogen (secondary N) is 1. The van der Waals surface area contributed by atoms with Crippen LogP contribution in [0.2, 0.25) is 0 Å². The largest absolute Gasteiger partial charge is 0.350 e. The van der Waals surface area contributed by atoms with Crippen molar-refractivity contribution < 1.29 is 17.9 Å². The fraction of sp³-hybridized carbons (Fsp3) is 0.188. The molecule has 1 atom stereocenters. The van der Waals surface area contributed by atoms with Crippen LogP contribution >= 0.6 is 15.9 Å². The van der Waals surface area contributed by atoms with Crippen LogP contribution in [0, 0.1) is 12.7 Å². The highest BCUT2D eigenvalue weighted by atomic mass is 79.9. The highest BCUT2D eigenvalue weighted by molar-refractivity contribution is 9.10. The van der Waals surface area contributed by atoms with Crippen LogP contribution in [0.5, 0.6) is 0 Å². The molecule has 0 aliphatic heterocycles. The number of amides is 1. The van der Waals surface area contributed by atoms with Gasteiger partial charge in [0.1, 0.15) is 12.4 Å². The first-order valence-electron chi connectivity index (χ1n) is 7.02. The first-order valence-corrected chi connectivity index (χ1v) is 8.88. The van der Waals surface area contributed by atoms with E-state index in [2.05, 4.69) is 21.2 Å². The summed E-state index contributed by atoms with van der Waals surface area (Å²) in [5.41, 5.74) is 1.78. The van der Waals surface area contributed by atoms with Crippen LogP contribution in [0.3, 0.4) is 0 Å². The molecule has 0 fully saturated rings. The predicted molar refractivity (Wildman–Crippen MR) is 95.2 cm³/mol. The van der Waals surface area contributed by atoms with E-state index in [0.29, 0.717) is 15.7 Å². The maximum absolute atomic E-state index is 13.7. The van der Waals surface area contributed by atoms with Crippen LogP contribution < -0.4 is 9.62 Å². The predicted octanol–water partition coefficient (Wildman–Crippen LogP) is 3.16. The highest BCUT2D eigenvalue weighted by Crippen LogP contribution is 2.17. The van der Waals surface area contributed by atoms with Crippen molar-refractivity contribution in [3.8, 4) is 0 Å². The molecule has 0 saturated heterocycles. The third-order valence-electron chi connectivity index (χ3n) is 3.29. The summed E-state index contributed by atoms with van der Waals surface area (Å²) in [6.45, 7) is 1.57. The number of nitrogens with zero attached hydrogens (tertiary/aromatic N) is 1. The third kappa shape index (κ3) is 5.12. The second-order valence-electron chi connectivity index (χ2n) is 5.12. The summed E-state index contributed by atoms with van der Waals surface area (Å²) in [6.07, 6.45) is 0. The lowest BCUT2D eigenvalue weighted by Gasteiger charge is -2.19. The van der Waals surface area contributed by atoms with Gasteiger partial charge in [-0.2, -0.15) is 0 Å². The van der Waals surface area contributed by atoms with Crippen LogP contribution in [0.25, 0.3) is 0 Å². The average Bonchev–Trinajstić information content (AvgIpc) is 2.52. The summed E-state index contributed by atoms with van der Waals surface area (Å²) in [7, 11) is 0. The Morgan fingerprint density at radius 3 is 2.54 bits per heavy atom. The summed E-state index contributed by atoms with van der Waals surface area (Å²) in [5.74, 6) is -0.925. The second kappa shape index (κ2) is 8.36. The molecule has 0 aromatic heterocycles. The molecule has 0 radical (unpaired) electrons. The van der Waals surface area contributed by atoms with Gasteiger partial charge in [0, 0.05) is 16.6 Å². The minimum Gasteiger partial charge on any atom is -0.350 e. The van der Waals surface area contributed by atoms with E-state index < -0.39 is 23.0 Å². The van der Waals surface area contributed by atoms with Crippen molar-refractivity contribution in [2.75, 3.05) is 10.8 Å². The van der Waals surface area contributed by atoms with E-state index in [1.54, 1.807) is 36.4 Å². The molecule has 0 saturated carbocycles. The van der Waals surface area contributed by atoms with Gasteiger partial charge in [-0.15, -0.1) is 0 Å². The van der Waals surface area contributed by atoms with E-state index in [1.807, 2.05) is 6.92 Å².